The molecular formula is C13H17N5O2. The summed E-state index contributed by atoms with van der Waals surface area (Å²) < 4.78 is 0. The Morgan fingerprint density at radius 1 is 1.50 bits per heavy atom. The smallest absolute Gasteiger partial charge is 0.271 e. The van der Waals surface area contributed by atoms with E-state index in [-0.39, 0.29) is 5.69 Å². The number of non-ortho nitro benzene ring substituents is 1. The molecule has 0 bridgehead atoms. The molecule has 2 heterocycles. The average Bonchev–Trinajstić information content (AvgIpc) is 3.06. The van der Waals surface area contributed by atoms with Crippen LogP contribution in [0.15, 0.2) is 18.2 Å². The topological polar surface area (TPSA) is 95.9 Å². The van der Waals surface area contributed by atoms with E-state index in [4.69, 9.17) is 0 Å². The number of anilines is 1. The van der Waals surface area contributed by atoms with Crippen LogP contribution < -0.4 is 10.6 Å². The molecule has 7 nitrogen and oxygen atoms in total. The molecule has 3 N–H and O–H groups in total. The van der Waals surface area contributed by atoms with Crippen molar-refractivity contribution in [2.45, 2.75) is 12.8 Å². The lowest BCUT2D eigenvalue weighted by Gasteiger charge is -2.07. The zero-order valence-electron chi connectivity index (χ0n) is 11.1. The van der Waals surface area contributed by atoms with Crippen LogP contribution in [0.5, 0.6) is 0 Å². The van der Waals surface area contributed by atoms with E-state index in [0.29, 0.717) is 11.5 Å². The average molecular weight is 275 g/mol. The van der Waals surface area contributed by atoms with Gasteiger partial charge in [0.25, 0.3) is 5.69 Å². The number of hydrogen-bond donors (Lipinski definition) is 3. The van der Waals surface area contributed by atoms with Gasteiger partial charge in [-0.3, -0.25) is 10.1 Å². The van der Waals surface area contributed by atoms with Gasteiger partial charge in [-0.2, -0.15) is 0 Å². The molecule has 106 valence electrons. The minimum atomic E-state index is -0.402. The Kier molecular flexibility index (Phi) is 3.51. The van der Waals surface area contributed by atoms with Crippen LogP contribution in [0.25, 0.3) is 11.0 Å². The number of aromatic amines is 1. The lowest BCUT2D eigenvalue weighted by molar-refractivity contribution is -0.384. The van der Waals surface area contributed by atoms with Crippen molar-refractivity contribution in [3.63, 3.8) is 0 Å². The Hall–Kier alpha value is -2.15. The van der Waals surface area contributed by atoms with Crippen molar-refractivity contribution in [1.82, 2.24) is 15.3 Å². The van der Waals surface area contributed by atoms with Gasteiger partial charge in [0.2, 0.25) is 5.95 Å². The standard InChI is InChI=1S/C13H17N5O2/c19-18(20)10-1-2-11-12(7-10)17-13(16-11)15-6-4-9-3-5-14-8-9/h1-2,7,9,14H,3-6,8H2,(H2,15,16,17). The SMILES string of the molecule is O=[N+]([O-])c1ccc2nc(NCCC3CCNC3)[nH]c2c1. The van der Waals surface area contributed by atoms with Crippen LogP contribution in [0, 0.1) is 16.0 Å². The van der Waals surface area contributed by atoms with Gasteiger partial charge in [0.1, 0.15) is 0 Å². The van der Waals surface area contributed by atoms with Gasteiger partial charge in [0.05, 0.1) is 16.0 Å². The molecular weight excluding hydrogens is 258 g/mol. The van der Waals surface area contributed by atoms with Crippen LogP contribution in [0.2, 0.25) is 0 Å². The molecule has 1 aliphatic heterocycles. The summed E-state index contributed by atoms with van der Waals surface area (Å²) in [4.78, 5) is 17.8. The first-order chi connectivity index (χ1) is 9.72. The van der Waals surface area contributed by atoms with Gasteiger partial charge in [-0.05, 0) is 37.9 Å². The summed E-state index contributed by atoms with van der Waals surface area (Å²) in [5, 5.41) is 17.3. The molecule has 1 saturated heterocycles. The molecule has 0 aliphatic carbocycles. The zero-order chi connectivity index (χ0) is 13.9. The number of nitro benzene ring substituents is 1. The van der Waals surface area contributed by atoms with Crippen molar-refractivity contribution in [2.75, 3.05) is 25.0 Å². The van der Waals surface area contributed by atoms with E-state index in [1.807, 2.05) is 0 Å². The van der Waals surface area contributed by atoms with E-state index in [0.717, 1.165) is 37.5 Å². The zero-order valence-corrected chi connectivity index (χ0v) is 11.1. The number of imidazole rings is 1. The summed E-state index contributed by atoms with van der Waals surface area (Å²) in [6.45, 7) is 3.06. The van der Waals surface area contributed by atoms with E-state index >= 15 is 0 Å². The largest absolute Gasteiger partial charge is 0.356 e. The molecule has 1 fully saturated rings. The van der Waals surface area contributed by atoms with Gasteiger partial charge >= 0.3 is 0 Å². The van der Waals surface area contributed by atoms with Crippen molar-refractivity contribution >= 4 is 22.7 Å². The van der Waals surface area contributed by atoms with E-state index in [1.54, 1.807) is 6.07 Å². The summed E-state index contributed by atoms with van der Waals surface area (Å²) in [7, 11) is 0. The highest BCUT2D eigenvalue weighted by Gasteiger charge is 2.14. The molecule has 1 aliphatic rings. The lowest BCUT2D eigenvalue weighted by atomic mass is 10.1. The third kappa shape index (κ3) is 2.72. The maximum Gasteiger partial charge on any atom is 0.271 e. The number of benzene rings is 1. The molecule has 0 radical (unpaired) electrons. The fourth-order valence-corrected chi connectivity index (χ4v) is 2.55. The van der Waals surface area contributed by atoms with Crippen LogP contribution in [0.3, 0.4) is 0 Å². The fourth-order valence-electron chi connectivity index (χ4n) is 2.55. The summed E-state index contributed by atoms with van der Waals surface area (Å²) in [5.74, 6) is 1.40. The summed E-state index contributed by atoms with van der Waals surface area (Å²) >= 11 is 0. The molecule has 3 rings (SSSR count). The minimum Gasteiger partial charge on any atom is -0.356 e. The van der Waals surface area contributed by atoms with Gasteiger partial charge in [0, 0.05) is 18.7 Å². The van der Waals surface area contributed by atoms with E-state index in [9.17, 15) is 10.1 Å². The Labute approximate surface area is 115 Å². The molecule has 0 amide bonds. The quantitative estimate of drug-likeness (QED) is 0.572. The van der Waals surface area contributed by atoms with Crippen molar-refractivity contribution in [3.05, 3.63) is 28.3 Å². The summed E-state index contributed by atoms with van der Waals surface area (Å²) in [5.41, 5.74) is 1.49. The first-order valence-corrected chi connectivity index (χ1v) is 6.81. The highest BCUT2D eigenvalue weighted by molar-refractivity contribution is 5.79. The highest BCUT2D eigenvalue weighted by atomic mass is 16.6. The van der Waals surface area contributed by atoms with E-state index < -0.39 is 4.92 Å². The van der Waals surface area contributed by atoms with Gasteiger partial charge in [-0.15, -0.1) is 0 Å². The first kappa shape index (κ1) is 12.9. The number of nitrogens with one attached hydrogen (secondary N) is 3. The van der Waals surface area contributed by atoms with Crippen LogP contribution in [0.4, 0.5) is 11.6 Å². The van der Waals surface area contributed by atoms with Crippen molar-refractivity contribution in [3.8, 4) is 0 Å². The second-order valence-electron chi connectivity index (χ2n) is 5.12. The predicted octanol–water partition coefficient (Wildman–Crippen LogP) is 1.88. The molecule has 1 aromatic heterocycles. The molecule has 1 atom stereocenters. The van der Waals surface area contributed by atoms with E-state index in [1.165, 1.54) is 18.6 Å². The lowest BCUT2D eigenvalue weighted by Crippen LogP contribution is -2.13. The molecule has 0 saturated carbocycles. The van der Waals surface area contributed by atoms with Crippen LogP contribution >= 0.6 is 0 Å². The number of nitro groups is 1. The summed E-state index contributed by atoms with van der Waals surface area (Å²) in [6.07, 6.45) is 2.33. The highest BCUT2D eigenvalue weighted by Crippen LogP contribution is 2.20. The van der Waals surface area contributed by atoms with Gasteiger partial charge < -0.3 is 15.6 Å². The number of hydrogen-bond acceptors (Lipinski definition) is 5. The Balaban J connectivity index is 1.64. The molecule has 1 aromatic carbocycles. The Morgan fingerprint density at radius 2 is 2.40 bits per heavy atom. The van der Waals surface area contributed by atoms with Gasteiger partial charge in [-0.25, -0.2) is 4.98 Å². The first-order valence-electron chi connectivity index (χ1n) is 6.81. The molecule has 7 heteroatoms. The van der Waals surface area contributed by atoms with Crippen LogP contribution in [-0.2, 0) is 0 Å². The second kappa shape index (κ2) is 5.46. The van der Waals surface area contributed by atoms with Crippen LogP contribution in [0.1, 0.15) is 12.8 Å². The van der Waals surface area contributed by atoms with Crippen molar-refractivity contribution < 1.29 is 4.92 Å². The molecule has 2 aromatic rings. The monoisotopic (exact) mass is 275 g/mol. The third-order valence-electron chi connectivity index (χ3n) is 3.68. The van der Waals surface area contributed by atoms with Gasteiger partial charge in [0.15, 0.2) is 0 Å². The normalized spacial score (nSPS) is 18.5. The maximum absolute atomic E-state index is 10.7. The number of rotatable bonds is 5. The Morgan fingerprint density at radius 3 is 3.15 bits per heavy atom. The van der Waals surface area contributed by atoms with Crippen molar-refractivity contribution in [1.29, 1.82) is 0 Å². The number of aromatic nitrogens is 2. The fraction of sp³-hybridized carbons (Fsp3) is 0.462. The summed E-state index contributed by atoms with van der Waals surface area (Å²) in [6, 6.07) is 4.64. The van der Waals surface area contributed by atoms with Gasteiger partial charge in [-0.1, -0.05) is 0 Å². The number of fused-ring (bicyclic) bond motifs is 1. The van der Waals surface area contributed by atoms with E-state index in [2.05, 4.69) is 20.6 Å². The minimum absolute atomic E-state index is 0.0738. The maximum atomic E-state index is 10.7. The van der Waals surface area contributed by atoms with Crippen molar-refractivity contribution in [2.24, 2.45) is 5.92 Å². The molecule has 20 heavy (non-hydrogen) atoms. The molecule has 1 unspecified atom stereocenters. The number of nitrogens with zero attached hydrogens (tertiary/aromatic N) is 2. The third-order valence-corrected chi connectivity index (χ3v) is 3.68. The Bertz CT molecular complexity index is 618. The van der Waals surface area contributed by atoms with Crippen LogP contribution in [-0.4, -0.2) is 34.5 Å². The second-order valence-corrected chi connectivity index (χ2v) is 5.12. The molecule has 0 spiro atoms. The number of H-pyrrole nitrogens is 1. The predicted molar refractivity (Wildman–Crippen MR) is 76.8 cm³/mol.